The normalized spacial score (nSPS) is 11.6. The minimum atomic E-state index is -3.72. The van der Waals surface area contributed by atoms with Crippen molar-refractivity contribution in [2.75, 3.05) is 11.9 Å². The predicted octanol–water partition coefficient (Wildman–Crippen LogP) is 3.17. The van der Waals surface area contributed by atoms with E-state index >= 15 is 0 Å². The highest BCUT2D eigenvalue weighted by atomic mass is 32.2. The Morgan fingerprint density at radius 3 is 2.44 bits per heavy atom. The Labute approximate surface area is 151 Å². The molecular formula is C17H26N2O4SSi. The van der Waals surface area contributed by atoms with Crippen LogP contribution in [-0.2, 0) is 14.8 Å². The first-order valence-corrected chi connectivity index (χ1v) is 13.1. The van der Waals surface area contributed by atoms with Crippen LogP contribution in [0.25, 0.3) is 0 Å². The van der Waals surface area contributed by atoms with Gasteiger partial charge < -0.3 is 4.74 Å². The zero-order valence-electron chi connectivity index (χ0n) is 15.6. The largest absolute Gasteiger partial charge is 0.447 e. The first kappa shape index (κ1) is 21.2. The average Bonchev–Trinajstić information content (AvgIpc) is 2.43. The van der Waals surface area contributed by atoms with Crippen LogP contribution in [0.4, 0.5) is 10.5 Å². The highest BCUT2D eigenvalue weighted by molar-refractivity contribution is 7.89. The summed E-state index contributed by atoms with van der Waals surface area (Å²) < 4.78 is 32.4. The van der Waals surface area contributed by atoms with Crippen molar-refractivity contribution in [3.63, 3.8) is 0 Å². The van der Waals surface area contributed by atoms with Crippen LogP contribution in [0.15, 0.2) is 23.1 Å². The molecule has 0 saturated carbocycles. The van der Waals surface area contributed by atoms with Crippen molar-refractivity contribution in [2.45, 2.75) is 51.4 Å². The van der Waals surface area contributed by atoms with Gasteiger partial charge in [-0.25, -0.2) is 17.9 Å². The smallest absolute Gasteiger partial charge is 0.411 e. The van der Waals surface area contributed by atoms with E-state index in [2.05, 4.69) is 41.1 Å². The van der Waals surface area contributed by atoms with Gasteiger partial charge in [-0.05, 0) is 32.0 Å². The molecule has 0 heterocycles. The summed E-state index contributed by atoms with van der Waals surface area (Å²) in [4.78, 5) is 11.8. The first-order valence-electron chi connectivity index (χ1n) is 8.09. The minimum Gasteiger partial charge on any atom is -0.447 e. The number of hydrogen-bond acceptors (Lipinski definition) is 4. The number of amides is 1. The maximum absolute atomic E-state index is 12.5. The molecule has 6 nitrogen and oxygen atoms in total. The molecule has 25 heavy (non-hydrogen) atoms. The molecule has 0 spiro atoms. The molecule has 0 aromatic heterocycles. The lowest BCUT2D eigenvalue weighted by Crippen LogP contribution is -2.24. The van der Waals surface area contributed by atoms with Crippen LogP contribution >= 0.6 is 0 Å². The fraction of sp³-hybridized carbons (Fsp3) is 0.471. The van der Waals surface area contributed by atoms with Gasteiger partial charge in [0, 0.05) is 17.8 Å². The maximum atomic E-state index is 12.5. The molecule has 0 fully saturated rings. The highest BCUT2D eigenvalue weighted by Gasteiger charge is 2.19. The first-order chi connectivity index (χ1) is 11.4. The molecule has 0 aliphatic carbocycles. The number of nitrogens with one attached hydrogen (secondary N) is 2. The molecule has 1 aromatic rings. The molecule has 1 amide bonds. The molecule has 1 rings (SSSR count). The minimum absolute atomic E-state index is 0.0439. The molecule has 0 unspecified atom stereocenters. The lowest BCUT2D eigenvalue weighted by Gasteiger charge is -2.12. The second-order valence-electron chi connectivity index (χ2n) is 6.79. The second kappa shape index (κ2) is 8.51. The van der Waals surface area contributed by atoms with E-state index < -0.39 is 24.2 Å². The number of sulfonamides is 1. The lowest BCUT2D eigenvalue weighted by molar-refractivity contribution is 0.130. The highest BCUT2D eigenvalue weighted by Crippen LogP contribution is 2.21. The number of benzene rings is 1. The quantitative estimate of drug-likeness (QED) is 0.605. The SMILES string of the molecule is CCNS(=O)(=O)c1cc(NC(=O)OC(C)C)ccc1C#C[Si](C)(C)C. The van der Waals surface area contributed by atoms with Crippen LogP contribution in [0.1, 0.15) is 26.3 Å². The summed E-state index contributed by atoms with van der Waals surface area (Å²) in [6, 6.07) is 4.61. The van der Waals surface area contributed by atoms with Gasteiger partial charge in [-0.2, -0.15) is 0 Å². The predicted molar refractivity (Wildman–Crippen MR) is 103 cm³/mol. The van der Waals surface area contributed by atoms with Gasteiger partial charge in [0.1, 0.15) is 8.07 Å². The van der Waals surface area contributed by atoms with Crippen LogP contribution in [0.2, 0.25) is 19.6 Å². The van der Waals surface area contributed by atoms with Crippen LogP contribution in [0.3, 0.4) is 0 Å². The van der Waals surface area contributed by atoms with Crippen molar-refractivity contribution in [1.82, 2.24) is 4.72 Å². The molecule has 0 atom stereocenters. The molecule has 0 radical (unpaired) electrons. The summed E-state index contributed by atoms with van der Waals surface area (Å²) in [6.45, 7) is 11.7. The zero-order chi connectivity index (χ0) is 19.3. The van der Waals surface area contributed by atoms with Crippen LogP contribution in [0.5, 0.6) is 0 Å². The van der Waals surface area contributed by atoms with E-state index in [0.29, 0.717) is 11.3 Å². The van der Waals surface area contributed by atoms with Crippen molar-refractivity contribution in [2.24, 2.45) is 0 Å². The van der Waals surface area contributed by atoms with E-state index in [1.165, 1.54) is 6.07 Å². The fourth-order valence-electron chi connectivity index (χ4n) is 1.81. The molecule has 0 aliphatic rings. The number of ether oxygens (including phenoxy) is 1. The molecule has 138 valence electrons. The Balaban J connectivity index is 3.31. The number of anilines is 1. The fourth-order valence-corrected chi connectivity index (χ4v) is 3.55. The van der Waals surface area contributed by atoms with Gasteiger partial charge in [0.2, 0.25) is 10.0 Å². The van der Waals surface area contributed by atoms with E-state index in [4.69, 9.17) is 4.74 Å². The van der Waals surface area contributed by atoms with E-state index in [1.54, 1.807) is 32.9 Å². The molecule has 2 N–H and O–H groups in total. The number of carbonyl (C=O) groups is 1. The summed E-state index contributed by atoms with van der Waals surface area (Å²) in [5.41, 5.74) is 3.91. The number of hydrogen-bond donors (Lipinski definition) is 2. The van der Waals surface area contributed by atoms with Crippen molar-refractivity contribution in [1.29, 1.82) is 0 Å². The molecule has 8 heteroatoms. The summed E-state index contributed by atoms with van der Waals surface area (Å²) in [5, 5.41) is 2.53. The Morgan fingerprint density at radius 2 is 1.92 bits per heavy atom. The van der Waals surface area contributed by atoms with Gasteiger partial charge in [0.15, 0.2) is 0 Å². The Morgan fingerprint density at radius 1 is 1.28 bits per heavy atom. The molecule has 0 saturated heterocycles. The van der Waals surface area contributed by atoms with E-state index in [1.807, 2.05) is 0 Å². The third-order valence-corrected chi connectivity index (χ3v) is 5.23. The monoisotopic (exact) mass is 382 g/mol. The van der Waals surface area contributed by atoms with Gasteiger partial charge in [-0.3, -0.25) is 5.32 Å². The van der Waals surface area contributed by atoms with Gasteiger partial charge in [0.25, 0.3) is 0 Å². The van der Waals surface area contributed by atoms with Gasteiger partial charge >= 0.3 is 6.09 Å². The van der Waals surface area contributed by atoms with Gasteiger partial charge in [-0.1, -0.05) is 32.5 Å². The standard InChI is InChI=1S/C17H26N2O4SSi/c1-7-18-24(21,22)16-12-15(19-17(20)23-13(2)3)9-8-14(16)10-11-25(4,5)6/h8-9,12-13,18H,7H2,1-6H3,(H,19,20). The second-order valence-corrected chi connectivity index (χ2v) is 13.3. The van der Waals surface area contributed by atoms with Crippen molar-refractivity contribution < 1.29 is 17.9 Å². The summed E-state index contributed by atoms with van der Waals surface area (Å²) in [6.07, 6.45) is -0.908. The van der Waals surface area contributed by atoms with Crippen LogP contribution < -0.4 is 10.0 Å². The number of carbonyl (C=O) groups excluding carboxylic acids is 1. The summed E-state index contributed by atoms with van der Waals surface area (Å²) in [7, 11) is -5.38. The molecule has 0 bridgehead atoms. The van der Waals surface area contributed by atoms with Crippen molar-refractivity contribution in [3.8, 4) is 11.5 Å². The Hall–Kier alpha value is -1.82. The third-order valence-electron chi connectivity index (χ3n) is 2.77. The average molecular weight is 383 g/mol. The van der Waals surface area contributed by atoms with Gasteiger partial charge in [0.05, 0.1) is 11.0 Å². The zero-order valence-corrected chi connectivity index (χ0v) is 17.4. The van der Waals surface area contributed by atoms with Crippen molar-refractivity contribution >= 4 is 29.9 Å². The Bertz CT molecular complexity index is 787. The van der Waals surface area contributed by atoms with Crippen LogP contribution in [0, 0.1) is 11.5 Å². The summed E-state index contributed by atoms with van der Waals surface area (Å²) >= 11 is 0. The number of rotatable bonds is 5. The topological polar surface area (TPSA) is 84.5 Å². The maximum Gasteiger partial charge on any atom is 0.411 e. The Kier molecular flexibility index (Phi) is 7.23. The van der Waals surface area contributed by atoms with E-state index in [-0.39, 0.29) is 17.5 Å². The molecular weight excluding hydrogens is 356 g/mol. The third kappa shape index (κ3) is 7.30. The summed E-state index contributed by atoms with van der Waals surface area (Å²) in [5.74, 6) is 2.98. The van der Waals surface area contributed by atoms with E-state index in [0.717, 1.165) is 0 Å². The molecule has 0 aliphatic heterocycles. The van der Waals surface area contributed by atoms with Gasteiger partial charge in [-0.15, -0.1) is 5.54 Å². The molecule has 1 aromatic carbocycles. The lowest BCUT2D eigenvalue weighted by atomic mass is 10.2. The van der Waals surface area contributed by atoms with E-state index in [9.17, 15) is 13.2 Å². The van der Waals surface area contributed by atoms with Crippen LogP contribution in [-0.4, -0.2) is 35.2 Å². The van der Waals surface area contributed by atoms with Crippen molar-refractivity contribution in [3.05, 3.63) is 23.8 Å².